The summed E-state index contributed by atoms with van der Waals surface area (Å²) < 4.78 is 5.23. The number of aryl methyl sites for hydroxylation is 1. The average Bonchev–Trinajstić information content (AvgIpc) is 3.37. The second kappa shape index (κ2) is 7.35. The van der Waals surface area contributed by atoms with Crippen LogP contribution in [0.25, 0.3) is 22.9 Å². The molecular weight excluding hydrogens is 360 g/mol. The van der Waals surface area contributed by atoms with Crippen molar-refractivity contribution in [3.05, 3.63) is 60.1 Å². The molecule has 0 atom stereocenters. The summed E-state index contributed by atoms with van der Waals surface area (Å²) in [5.74, 6) is 1.05. The van der Waals surface area contributed by atoms with E-state index in [1.54, 1.807) is 50.6 Å². The molecule has 28 heavy (non-hydrogen) atoms. The fourth-order valence-electron chi connectivity index (χ4n) is 2.57. The number of nitrogens with zero attached hydrogens (tertiary/aromatic N) is 8. The summed E-state index contributed by atoms with van der Waals surface area (Å²) >= 11 is 0. The molecule has 3 aromatic heterocycles. The lowest BCUT2D eigenvalue weighted by atomic mass is 10.1. The predicted octanol–water partition coefficient (Wildman–Crippen LogP) is 1.59. The van der Waals surface area contributed by atoms with Gasteiger partial charge in [0.1, 0.15) is 5.69 Å². The standard InChI is InChI=1S/C18H16N8O2/c1-25(11-15-20-17(23-28-15)14-5-3-4-10-19-14)18(27)13-8-6-12(7-9-13)16-21-24-26(2)22-16/h3-10H,11H2,1-2H3. The zero-order valence-electron chi connectivity index (χ0n) is 15.2. The van der Waals surface area contributed by atoms with Crippen molar-refractivity contribution in [2.75, 3.05) is 7.05 Å². The highest BCUT2D eigenvalue weighted by Crippen LogP contribution is 2.17. The molecular formula is C18H16N8O2. The fourth-order valence-corrected chi connectivity index (χ4v) is 2.57. The summed E-state index contributed by atoms with van der Waals surface area (Å²) in [7, 11) is 3.37. The number of aromatic nitrogens is 7. The van der Waals surface area contributed by atoms with Crippen molar-refractivity contribution in [2.45, 2.75) is 6.54 Å². The summed E-state index contributed by atoms with van der Waals surface area (Å²) in [6, 6.07) is 12.4. The molecule has 10 heteroatoms. The van der Waals surface area contributed by atoms with Crippen molar-refractivity contribution in [1.29, 1.82) is 0 Å². The predicted molar refractivity (Wildman–Crippen MR) is 97.6 cm³/mol. The minimum absolute atomic E-state index is 0.170. The highest BCUT2D eigenvalue weighted by molar-refractivity contribution is 5.94. The van der Waals surface area contributed by atoms with Crippen molar-refractivity contribution < 1.29 is 9.32 Å². The van der Waals surface area contributed by atoms with Crippen LogP contribution in [0.4, 0.5) is 0 Å². The molecule has 0 fully saturated rings. The van der Waals surface area contributed by atoms with Crippen LogP contribution in [0.15, 0.2) is 53.2 Å². The van der Waals surface area contributed by atoms with E-state index in [1.165, 1.54) is 9.70 Å². The number of hydrogen-bond donors (Lipinski definition) is 0. The largest absolute Gasteiger partial charge is 0.337 e. The molecule has 1 aromatic carbocycles. The number of carbonyl (C=O) groups is 1. The Balaban J connectivity index is 1.44. The van der Waals surface area contributed by atoms with Gasteiger partial charge in [0, 0.05) is 24.4 Å². The van der Waals surface area contributed by atoms with Gasteiger partial charge in [0.2, 0.25) is 17.5 Å². The zero-order valence-corrected chi connectivity index (χ0v) is 15.2. The first-order valence-electron chi connectivity index (χ1n) is 8.44. The Hall–Kier alpha value is -3.95. The van der Waals surface area contributed by atoms with Crippen LogP contribution in [0.1, 0.15) is 16.2 Å². The number of pyridine rings is 1. The Kier molecular flexibility index (Phi) is 4.58. The van der Waals surface area contributed by atoms with Crippen LogP contribution < -0.4 is 0 Å². The van der Waals surface area contributed by atoms with Crippen LogP contribution in [0.5, 0.6) is 0 Å². The van der Waals surface area contributed by atoms with E-state index in [1.807, 2.05) is 12.1 Å². The van der Waals surface area contributed by atoms with E-state index in [4.69, 9.17) is 4.52 Å². The summed E-state index contributed by atoms with van der Waals surface area (Å²) in [5.41, 5.74) is 1.92. The van der Waals surface area contributed by atoms with Crippen molar-refractivity contribution in [3.8, 4) is 22.9 Å². The molecule has 0 aliphatic rings. The van der Waals surface area contributed by atoms with Gasteiger partial charge in [-0.1, -0.05) is 23.4 Å². The molecule has 0 aliphatic heterocycles. The average molecular weight is 376 g/mol. The highest BCUT2D eigenvalue weighted by atomic mass is 16.5. The number of rotatable bonds is 5. The first kappa shape index (κ1) is 17.5. The summed E-state index contributed by atoms with van der Waals surface area (Å²) in [6.45, 7) is 0.187. The molecule has 140 valence electrons. The number of tetrazole rings is 1. The maximum absolute atomic E-state index is 12.7. The number of hydrogen-bond acceptors (Lipinski definition) is 8. The van der Waals surface area contributed by atoms with E-state index in [-0.39, 0.29) is 12.5 Å². The number of carbonyl (C=O) groups excluding carboxylic acids is 1. The van der Waals surface area contributed by atoms with Gasteiger partial charge >= 0.3 is 0 Å². The molecule has 0 saturated carbocycles. The SMILES string of the molecule is CN(Cc1nc(-c2ccccn2)no1)C(=O)c1ccc(-c2nnn(C)n2)cc1. The molecule has 0 N–H and O–H groups in total. The van der Waals surface area contributed by atoms with Crippen LogP contribution in [0.3, 0.4) is 0 Å². The second-order valence-electron chi connectivity index (χ2n) is 6.07. The normalized spacial score (nSPS) is 10.8. The fraction of sp³-hybridized carbons (Fsp3) is 0.167. The molecule has 0 saturated heterocycles. The quantitative estimate of drug-likeness (QED) is 0.516. The molecule has 0 spiro atoms. The summed E-state index contributed by atoms with van der Waals surface area (Å²) in [4.78, 5) is 24.0. The lowest BCUT2D eigenvalue weighted by Crippen LogP contribution is -2.26. The molecule has 1 amide bonds. The third kappa shape index (κ3) is 3.61. The molecule has 0 unspecified atom stereocenters. The van der Waals surface area contributed by atoms with Crippen molar-refractivity contribution in [3.63, 3.8) is 0 Å². The minimum Gasteiger partial charge on any atom is -0.337 e. The summed E-state index contributed by atoms with van der Waals surface area (Å²) in [6.07, 6.45) is 1.65. The molecule has 0 bridgehead atoms. The van der Waals surface area contributed by atoms with Gasteiger partial charge in [-0.3, -0.25) is 9.78 Å². The lowest BCUT2D eigenvalue weighted by molar-refractivity contribution is 0.0769. The maximum atomic E-state index is 12.7. The van der Waals surface area contributed by atoms with Crippen LogP contribution >= 0.6 is 0 Å². The van der Waals surface area contributed by atoms with Gasteiger partial charge in [0.05, 0.1) is 13.6 Å². The second-order valence-corrected chi connectivity index (χ2v) is 6.07. The van der Waals surface area contributed by atoms with E-state index in [0.717, 1.165) is 5.56 Å². The van der Waals surface area contributed by atoms with Gasteiger partial charge in [-0.05, 0) is 29.5 Å². The highest BCUT2D eigenvalue weighted by Gasteiger charge is 2.17. The first-order chi connectivity index (χ1) is 13.6. The molecule has 4 aromatic rings. The van der Waals surface area contributed by atoms with E-state index in [2.05, 4.69) is 30.5 Å². The van der Waals surface area contributed by atoms with E-state index in [0.29, 0.717) is 28.8 Å². The van der Waals surface area contributed by atoms with Gasteiger partial charge < -0.3 is 9.42 Å². The Morgan fingerprint density at radius 2 is 1.96 bits per heavy atom. The van der Waals surface area contributed by atoms with Crippen LogP contribution in [0.2, 0.25) is 0 Å². The van der Waals surface area contributed by atoms with E-state index in [9.17, 15) is 4.79 Å². The minimum atomic E-state index is -0.170. The monoisotopic (exact) mass is 376 g/mol. The van der Waals surface area contributed by atoms with Gasteiger partial charge in [-0.25, -0.2) is 0 Å². The first-order valence-corrected chi connectivity index (χ1v) is 8.44. The van der Waals surface area contributed by atoms with E-state index < -0.39 is 0 Å². The third-order valence-corrected chi connectivity index (χ3v) is 3.98. The van der Waals surface area contributed by atoms with Gasteiger partial charge in [-0.2, -0.15) is 9.78 Å². The van der Waals surface area contributed by atoms with Crippen molar-refractivity contribution in [2.24, 2.45) is 7.05 Å². The Bertz CT molecular complexity index is 1090. The zero-order chi connectivity index (χ0) is 19.5. The Morgan fingerprint density at radius 1 is 1.14 bits per heavy atom. The van der Waals surface area contributed by atoms with Crippen LogP contribution in [0, 0.1) is 0 Å². The lowest BCUT2D eigenvalue weighted by Gasteiger charge is -2.14. The van der Waals surface area contributed by atoms with Gasteiger partial charge in [0.25, 0.3) is 5.91 Å². The Morgan fingerprint density at radius 3 is 2.64 bits per heavy atom. The topological polar surface area (TPSA) is 116 Å². The van der Waals surface area contributed by atoms with Crippen molar-refractivity contribution >= 4 is 5.91 Å². The molecule has 0 aliphatic carbocycles. The molecule has 0 radical (unpaired) electrons. The van der Waals surface area contributed by atoms with Crippen LogP contribution in [-0.2, 0) is 13.6 Å². The smallest absolute Gasteiger partial charge is 0.254 e. The third-order valence-electron chi connectivity index (χ3n) is 3.98. The van der Waals surface area contributed by atoms with Crippen LogP contribution in [-0.4, -0.2) is 53.2 Å². The molecule has 3 heterocycles. The maximum Gasteiger partial charge on any atom is 0.254 e. The summed E-state index contributed by atoms with van der Waals surface area (Å²) in [5, 5.41) is 15.8. The van der Waals surface area contributed by atoms with Gasteiger partial charge in [0.15, 0.2) is 0 Å². The molecule has 4 rings (SSSR count). The van der Waals surface area contributed by atoms with E-state index >= 15 is 0 Å². The van der Waals surface area contributed by atoms with Gasteiger partial charge in [-0.15, -0.1) is 10.2 Å². The molecule has 10 nitrogen and oxygen atoms in total. The van der Waals surface area contributed by atoms with Crippen molar-refractivity contribution in [1.82, 2.24) is 40.2 Å². The Labute approximate surface area is 159 Å². The number of amides is 1. The number of benzene rings is 1.